The number of benzene rings is 1. The molecule has 0 saturated carbocycles. The molecule has 4 heteroatoms. The van der Waals surface area contributed by atoms with Crippen LogP contribution in [0.25, 0.3) is 0 Å². The van der Waals surface area contributed by atoms with Gasteiger partial charge in [0.2, 0.25) is 0 Å². The van der Waals surface area contributed by atoms with Gasteiger partial charge in [-0.15, -0.1) is 0 Å². The van der Waals surface area contributed by atoms with Crippen molar-refractivity contribution < 1.29 is 14.6 Å². The zero-order valence-corrected chi connectivity index (χ0v) is 11.5. The Kier molecular flexibility index (Phi) is 4.43. The summed E-state index contributed by atoms with van der Waals surface area (Å²) in [6.45, 7) is 2.66. The lowest BCUT2D eigenvalue weighted by molar-refractivity contribution is -0.147. The Labute approximate surface area is 114 Å². The van der Waals surface area contributed by atoms with Gasteiger partial charge in [0.15, 0.2) is 0 Å². The van der Waals surface area contributed by atoms with E-state index in [0.717, 1.165) is 24.8 Å². The van der Waals surface area contributed by atoms with Gasteiger partial charge in [0, 0.05) is 13.7 Å². The molecule has 104 valence electrons. The molecule has 0 spiro atoms. The van der Waals surface area contributed by atoms with Crippen molar-refractivity contribution in [3.63, 3.8) is 0 Å². The van der Waals surface area contributed by atoms with Crippen LogP contribution in [-0.2, 0) is 9.53 Å². The molecule has 0 aliphatic carbocycles. The fourth-order valence-corrected chi connectivity index (χ4v) is 2.33. The summed E-state index contributed by atoms with van der Waals surface area (Å²) in [7, 11) is 1.80. The SMILES string of the molecule is CC(c1ccc(O)cc1)N(C)C(=O)C1CCCCO1. The summed E-state index contributed by atoms with van der Waals surface area (Å²) < 4.78 is 5.53. The van der Waals surface area contributed by atoms with Crippen LogP contribution in [0.3, 0.4) is 0 Å². The fourth-order valence-electron chi connectivity index (χ4n) is 2.33. The number of phenols is 1. The summed E-state index contributed by atoms with van der Waals surface area (Å²) in [5.74, 6) is 0.279. The molecule has 0 aromatic heterocycles. The molecule has 0 bridgehead atoms. The number of likely N-dealkylation sites (N-methyl/N-ethyl adjacent to an activating group) is 1. The monoisotopic (exact) mass is 263 g/mol. The third-order valence-corrected chi connectivity index (χ3v) is 3.76. The van der Waals surface area contributed by atoms with Crippen molar-refractivity contribution in [1.82, 2.24) is 4.90 Å². The number of amides is 1. The van der Waals surface area contributed by atoms with E-state index in [0.29, 0.717) is 6.61 Å². The van der Waals surface area contributed by atoms with Crippen LogP contribution in [0.1, 0.15) is 37.8 Å². The fraction of sp³-hybridized carbons (Fsp3) is 0.533. The standard InChI is InChI=1S/C15H21NO3/c1-11(12-6-8-13(17)9-7-12)16(2)15(18)14-5-3-4-10-19-14/h6-9,11,14,17H,3-5,10H2,1-2H3. The van der Waals surface area contributed by atoms with Crippen LogP contribution in [0.5, 0.6) is 5.75 Å². The third kappa shape index (κ3) is 3.26. The van der Waals surface area contributed by atoms with E-state index in [-0.39, 0.29) is 23.8 Å². The number of ether oxygens (including phenoxy) is 1. The van der Waals surface area contributed by atoms with E-state index < -0.39 is 0 Å². The van der Waals surface area contributed by atoms with Crippen molar-refractivity contribution in [2.24, 2.45) is 0 Å². The summed E-state index contributed by atoms with van der Waals surface area (Å²) >= 11 is 0. The number of nitrogens with zero attached hydrogens (tertiary/aromatic N) is 1. The molecule has 1 amide bonds. The smallest absolute Gasteiger partial charge is 0.251 e. The predicted molar refractivity (Wildman–Crippen MR) is 72.9 cm³/mol. The zero-order valence-electron chi connectivity index (χ0n) is 11.5. The minimum atomic E-state index is -0.293. The maximum Gasteiger partial charge on any atom is 0.251 e. The van der Waals surface area contributed by atoms with Crippen LogP contribution < -0.4 is 0 Å². The van der Waals surface area contributed by atoms with Gasteiger partial charge < -0.3 is 14.7 Å². The number of hydrogen-bond acceptors (Lipinski definition) is 3. The van der Waals surface area contributed by atoms with Gasteiger partial charge in [-0.2, -0.15) is 0 Å². The normalized spacial score (nSPS) is 20.8. The number of carbonyl (C=O) groups is 1. The second-order valence-electron chi connectivity index (χ2n) is 5.07. The average molecular weight is 263 g/mol. The van der Waals surface area contributed by atoms with E-state index >= 15 is 0 Å². The molecule has 2 unspecified atom stereocenters. The van der Waals surface area contributed by atoms with Crippen LogP contribution in [0.4, 0.5) is 0 Å². The molecule has 1 aliphatic rings. The van der Waals surface area contributed by atoms with E-state index in [1.54, 1.807) is 24.1 Å². The van der Waals surface area contributed by atoms with Gasteiger partial charge in [-0.05, 0) is 43.9 Å². The highest BCUT2D eigenvalue weighted by atomic mass is 16.5. The highest BCUT2D eigenvalue weighted by Crippen LogP contribution is 2.23. The van der Waals surface area contributed by atoms with Crippen molar-refractivity contribution in [3.05, 3.63) is 29.8 Å². The largest absolute Gasteiger partial charge is 0.508 e. The minimum absolute atomic E-state index is 0.0290. The van der Waals surface area contributed by atoms with Crippen LogP contribution in [0.15, 0.2) is 24.3 Å². The van der Waals surface area contributed by atoms with E-state index in [4.69, 9.17) is 4.74 Å². The molecule has 1 fully saturated rings. The molecule has 1 aromatic rings. The average Bonchev–Trinajstić information content (AvgIpc) is 2.46. The first kappa shape index (κ1) is 13.9. The molecule has 2 atom stereocenters. The van der Waals surface area contributed by atoms with Crippen molar-refractivity contribution in [2.75, 3.05) is 13.7 Å². The van der Waals surface area contributed by atoms with Crippen molar-refractivity contribution in [3.8, 4) is 5.75 Å². The topological polar surface area (TPSA) is 49.8 Å². The molecule has 1 N–H and O–H groups in total. The lowest BCUT2D eigenvalue weighted by atomic mass is 10.0. The maximum absolute atomic E-state index is 12.3. The van der Waals surface area contributed by atoms with Gasteiger partial charge in [0.05, 0.1) is 6.04 Å². The van der Waals surface area contributed by atoms with Crippen molar-refractivity contribution in [2.45, 2.75) is 38.3 Å². The molecule has 0 radical (unpaired) electrons. The summed E-state index contributed by atoms with van der Waals surface area (Å²) in [5, 5.41) is 9.29. The Bertz CT molecular complexity index is 424. The summed E-state index contributed by atoms with van der Waals surface area (Å²) in [6, 6.07) is 6.93. The molecule has 1 heterocycles. The number of aromatic hydroxyl groups is 1. The Hall–Kier alpha value is -1.55. The first-order valence-corrected chi connectivity index (χ1v) is 6.77. The quantitative estimate of drug-likeness (QED) is 0.911. The Morgan fingerprint density at radius 3 is 2.63 bits per heavy atom. The molecule has 1 aromatic carbocycles. The van der Waals surface area contributed by atoms with Gasteiger partial charge >= 0.3 is 0 Å². The molecular formula is C15H21NO3. The summed E-state index contributed by atoms with van der Waals surface area (Å²) in [4.78, 5) is 14.1. The highest BCUT2D eigenvalue weighted by molar-refractivity contribution is 5.81. The first-order valence-electron chi connectivity index (χ1n) is 6.77. The lowest BCUT2D eigenvalue weighted by Gasteiger charge is -2.31. The van der Waals surface area contributed by atoms with Crippen LogP contribution in [0.2, 0.25) is 0 Å². The molecule has 1 aliphatic heterocycles. The van der Waals surface area contributed by atoms with E-state index in [9.17, 15) is 9.90 Å². The molecule has 4 nitrogen and oxygen atoms in total. The van der Waals surface area contributed by atoms with E-state index in [1.165, 1.54) is 0 Å². The number of rotatable bonds is 3. The molecule has 19 heavy (non-hydrogen) atoms. The highest BCUT2D eigenvalue weighted by Gasteiger charge is 2.27. The maximum atomic E-state index is 12.3. The third-order valence-electron chi connectivity index (χ3n) is 3.76. The predicted octanol–water partition coefficient (Wildman–Crippen LogP) is 2.48. The van der Waals surface area contributed by atoms with Crippen molar-refractivity contribution in [1.29, 1.82) is 0 Å². The Balaban J connectivity index is 2.03. The second kappa shape index (κ2) is 6.06. The summed E-state index contributed by atoms with van der Waals surface area (Å²) in [5.41, 5.74) is 1.00. The van der Waals surface area contributed by atoms with Gasteiger partial charge in [0.25, 0.3) is 5.91 Å². The zero-order chi connectivity index (χ0) is 13.8. The Morgan fingerprint density at radius 1 is 1.37 bits per heavy atom. The molecule has 1 saturated heterocycles. The van der Waals surface area contributed by atoms with Crippen molar-refractivity contribution >= 4 is 5.91 Å². The molecular weight excluding hydrogens is 242 g/mol. The minimum Gasteiger partial charge on any atom is -0.508 e. The number of phenolic OH excluding ortho intramolecular Hbond substituents is 1. The number of carbonyl (C=O) groups excluding carboxylic acids is 1. The van der Waals surface area contributed by atoms with Gasteiger partial charge in [-0.1, -0.05) is 12.1 Å². The first-order chi connectivity index (χ1) is 9.09. The second-order valence-corrected chi connectivity index (χ2v) is 5.07. The van der Waals surface area contributed by atoms with Gasteiger partial charge in [-0.3, -0.25) is 4.79 Å². The van der Waals surface area contributed by atoms with E-state index in [2.05, 4.69) is 0 Å². The van der Waals surface area contributed by atoms with Gasteiger partial charge in [-0.25, -0.2) is 0 Å². The van der Waals surface area contributed by atoms with Crippen LogP contribution >= 0.6 is 0 Å². The number of hydrogen-bond donors (Lipinski definition) is 1. The molecule has 2 rings (SSSR count). The summed E-state index contributed by atoms with van der Waals surface area (Å²) in [6.07, 6.45) is 2.61. The van der Waals surface area contributed by atoms with Crippen LogP contribution in [0, 0.1) is 0 Å². The van der Waals surface area contributed by atoms with E-state index in [1.807, 2.05) is 19.1 Å². The van der Waals surface area contributed by atoms with Gasteiger partial charge in [0.1, 0.15) is 11.9 Å². The van der Waals surface area contributed by atoms with Crippen LogP contribution in [-0.4, -0.2) is 35.7 Å². The lowest BCUT2D eigenvalue weighted by Crippen LogP contribution is -2.40. The Morgan fingerprint density at radius 2 is 2.05 bits per heavy atom.